The van der Waals surface area contributed by atoms with Gasteiger partial charge in [0.25, 0.3) is 0 Å². The van der Waals surface area contributed by atoms with Crippen LogP contribution in [0.5, 0.6) is 0 Å². The number of halogens is 1. The topological polar surface area (TPSA) is 64.6 Å². The zero-order chi connectivity index (χ0) is 20.4. The predicted molar refractivity (Wildman–Crippen MR) is 105 cm³/mol. The quantitative estimate of drug-likeness (QED) is 0.746. The molecule has 1 amide bonds. The number of hydrogen-bond acceptors (Lipinski definition) is 4. The molecule has 5 nitrogen and oxygen atoms in total. The molecule has 6 heteroatoms. The third kappa shape index (κ3) is 3.97. The van der Waals surface area contributed by atoms with Crippen molar-refractivity contribution >= 4 is 12.1 Å². The minimum absolute atomic E-state index is 0.100. The Balaban J connectivity index is 1.55. The van der Waals surface area contributed by atoms with Crippen LogP contribution in [0.25, 0.3) is 0 Å². The van der Waals surface area contributed by atoms with Crippen LogP contribution in [0, 0.1) is 11.2 Å². The molecule has 1 fully saturated rings. The van der Waals surface area contributed by atoms with Gasteiger partial charge in [-0.15, -0.1) is 0 Å². The van der Waals surface area contributed by atoms with Gasteiger partial charge in [0.15, 0.2) is 0 Å². The Kier molecular flexibility index (Phi) is 5.26. The van der Waals surface area contributed by atoms with Gasteiger partial charge in [-0.2, -0.15) is 0 Å². The minimum Gasteiger partial charge on any atom is -0.464 e. The highest BCUT2D eigenvalue weighted by Gasteiger charge is 2.58. The Bertz CT molecular complexity index is 910. The Morgan fingerprint density at radius 3 is 2.62 bits per heavy atom. The predicted octanol–water partition coefficient (Wildman–Crippen LogP) is 4.10. The van der Waals surface area contributed by atoms with E-state index in [-0.39, 0.29) is 30.4 Å². The Morgan fingerprint density at radius 2 is 1.93 bits per heavy atom. The van der Waals surface area contributed by atoms with Gasteiger partial charge in [-0.3, -0.25) is 0 Å². The van der Waals surface area contributed by atoms with E-state index in [0.717, 1.165) is 36.0 Å². The molecule has 4 rings (SSSR count). The molecule has 2 aliphatic carbocycles. The second-order valence-electron chi connectivity index (χ2n) is 7.80. The number of benzene rings is 2. The lowest BCUT2D eigenvalue weighted by molar-refractivity contribution is -0.146. The number of ether oxygens (including phenoxy) is 2. The maximum atomic E-state index is 14.0. The van der Waals surface area contributed by atoms with Crippen LogP contribution in [0.1, 0.15) is 42.4 Å². The van der Waals surface area contributed by atoms with E-state index in [1.807, 2.05) is 30.3 Å². The first-order chi connectivity index (χ1) is 14.0. The molecule has 2 atom stereocenters. The zero-order valence-corrected chi connectivity index (χ0v) is 16.3. The van der Waals surface area contributed by atoms with Crippen LogP contribution in [0.15, 0.2) is 48.5 Å². The summed E-state index contributed by atoms with van der Waals surface area (Å²) in [4.78, 5) is 25.3. The van der Waals surface area contributed by atoms with Crippen LogP contribution >= 0.6 is 0 Å². The number of rotatable bonds is 6. The Morgan fingerprint density at radius 1 is 1.17 bits per heavy atom. The third-order valence-electron chi connectivity index (χ3n) is 5.90. The van der Waals surface area contributed by atoms with E-state index in [1.165, 1.54) is 12.1 Å². The second-order valence-corrected chi connectivity index (χ2v) is 7.80. The number of fused-ring (bicyclic) bond motifs is 1. The number of nitrogens with one attached hydrogen (secondary N) is 1. The van der Waals surface area contributed by atoms with Crippen LogP contribution in [0.2, 0.25) is 0 Å². The van der Waals surface area contributed by atoms with E-state index in [4.69, 9.17) is 9.47 Å². The minimum atomic E-state index is -0.913. The van der Waals surface area contributed by atoms with Crippen molar-refractivity contribution < 1.29 is 23.5 Å². The highest BCUT2D eigenvalue weighted by molar-refractivity contribution is 5.83. The number of alkyl carbamates (subject to hydrolysis) is 1. The molecule has 152 valence electrons. The van der Waals surface area contributed by atoms with Gasteiger partial charge >= 0.3 is 12.1 Å². The van der Waals surface area contributed by atoms with Gasteiger partial charge in [0.2, 0.25) is 0 Å². The summed E-state index contributed by atoms with van der Waals surface area (Å²) in [5, 5.41) is 2.71. The monoisotopic (exact) mass is 397 g/mol. The van der Waals surface area contributed by atoms with Gasteiger partial charge in [-0.05, 0) is 60.4 Å². The largest absolute Gasteiger partial charge is 0.464 e. The van der Waals surface area contributed by atoms with E-state index in [2.05, 4.69) is 5.32 Å². The Hall–Kier alpha value is -2.89. The first kappa shape index (κ1) is 19.4. The summed E-state index contributed by atoms with van der Waals surface area (Å²) < 4.78 is 24.5. The lowest BCUT2D eigenvalue weighted by Gasteiger charge is -2.28. The molecule has 1 spiro atoms. The average Bonchev–Trinajstić information content (AvgIpc) is 3.41. The summed E-state index contributed by atoms with van der Waals surface area (Å²) in [5.41, 5.74) is 2.54. The van der Waals surface area contributed by atoms with Gasteiger partial charge in [-0.25, -0.2) is 14.0 Å². The molecule has 0 saturated heterocycles. The van der Waals surface area contributed by atoms with Crippen molar-refractivity contribution in [3.8, 4) is 0 Å². The van der Waals surface area contributed by atoms with Gasteiger partial charge in [0, 0.05) is 5.92 Å². The van der Waals surface area contributed by atoms with E-state index < -0.39 is 18.1 Å². The molecule has 1 N–H and O–H groups in total. The summed E-state index contributed by atoms with van der Waals surface area (Å²) in [6, 6.07) is 13.1. The zero-order valence-electron chi connectivity index (χ0n) is 16.3. The van der Waals surface area contributed by atoms with Gasteiger partial charge in [0.1, 0.15) is 18.5 Å². The fraction of sp³-hybridized carbons (Fsp3) is 0.391. The standard InChI is InChI=1S/C23H24FNO4/c1-2-28-21(26)20(25-22(27)29-14-15-6-4-3-5-7-15)19-18-12-17(24)9-8-16(18)13-23(19)10-11-23/h3-9,12,19-20H,2,10-11,13-14H2,1H3,(H,25,27). The molecule has 2 unspecified atom stereocenters. The van der Waals surface area contributed by atoms with Gasteiger partial charge in [0.05, 0.1) is 6.61 Å². The maximum absolute atomic E-state index is 14.0. The third-order valence-corrected chi connectivity index (χ3v) is 5.90. The Labute approximate surface area is 169 Å². The van der Waals surface area contributed by atoms with Crippen molar-refractivity contribution in [1.82, 2.24) is 5.32 Å². The van der Waals surface area contributed by atoms with Crippen LogP contribution in [-0.4, -0.2) is 24.7 Å². The molecule has 2 aliphatic rings. The summed E-state index contributed by atoms with van der Waals surface area (Å²) >= 11 is 0. The van der Waals surface area contributed by atoms with Crippen molar-refractivity contribution in [2.75, 3.05) is 6.61 Å². The molecule has 29 heavy (non-hydrogen) atoms. The highest BCUT2D eigenvalue weighted by Crippen LogP contribution is 2.64. The van der Waals surface area contributed by atoms with Gasteiger partial charge in [-0.1, -0.05) is 36.4 Å². The summed E-state index contributed by atoms with van der Waals surface area (Å²) in [6.45, 7) is 2.02. The molecular formula is C23H24FNO4. The smallest absolute Gasteiger partial charge is 0.408 e. The molecular weight excluding hydrogens is 373 g/mol. The van der Waals surface area contributed by atoms with Crippen LogP contribution in [0.3, 0.4) is 0 Å². The van der Waals surface area contributed by atoms with Crippen LogP contribution < -0.4 is 5.32 Å². The van der Waals surface area contributed by atoms with Crippen molar-refractivity contribution in [3.63, 3.8) is 0 Å². The molecule has 0 radical (unpaired) electrons. The number of carbonyl (C=O) groups is 2. The number of hydrogen-bond donors (Lipinski definition) is 1. The van der Waals surface area contributed by atoms with Crippen LogP contribution in [-0.2, 0) is 27.3 Å². The maximum Gasteiger partial charge on any atom is 0.408 e. The second kappa shape index (κ2) is 7.85. The summed E-state index contributed by atoms with van der Waals surface area (Å²) in [5.74, 6) is -1.19. The van der Waals surface area contributed by atoms with Crippen LogP contribution in [0.4, 0.5) is 9.18 Å². The summed E-state index contributed by atoms with van der Waals surface area (Å²) in [6.07, 6.45) is 1.96. The number of carbonyl (C=O) groups excluding carboxylic acids is 2. The van der Waals surface area contributed by atoms with Crippen molar-refractivity contribution in [3.05, 3.63) is 71.0 Å². The van der Waals surface area contributed by atoms with Gasteiger partial charge < -0.3 is 14.8 Å². The van der Waals surface area contributed by atoms with Crippen molar-refractivity contribution in [2.24, 2.45) is 5.41 Å². The number of amides is 1. The molecule has 0 aromatic heterocycles. The highest BCUT2D eigenvalue weighted by atomic mass is 19.1. The van der Waals surface area contributed by atoms with E-state index in [9.17, 15) is 14.0 Å². The normalized spacial score (nSPS) is 19.3. The number of esters is 1. The molecule has 1 saturated carbocycles. The SMILES string of the molecule is CCOC(=O)C(NC(=O)OCc1ccccc1)C1c2cc(F)ccc2CC12CC2. The van der Waals surface area contributed by atoms with E-state index >= 15 is 0 Å². The lowest BCUT2D eigenvalue weighted by Crippen LogP contribution is -2.47. The molecule has 0 bridgehead atoms. The average molecular weight is 397 g/mol. The first-order valence-corrected chi connectivity index (χ1v) is 9.94. The van der Waals surface area contributed by atoms with Crippen molar-refractivity contribution in [2.45, 2.75) is 44.8 Å². The molecule has 0 aliphatic heterocycles. The molecule has 0 heterocycles. The van der Waals surface area contributed by atoms with Crippen molar-refractivity contribution in [1.29, 1.82) is 0 Å². The summed E-state index contributed by atoms with van der Waals surface area (Å²) in [7, 11) is 0. The fourth-order valence-corrected chi connectivity index (χ4v) is 4.42. The van der Waals surface area contributed by atoms with E-state index in [1.54, 1.807) is 13.0 Å². The first-order valence-electron chi connectivity index (χ1n) is 9.94. The molecule has 2 aromatic carbocycles. The fourth-order valence-electron chi connectivity index (χ4n) is 4.42. The lowest BCUT2D eigenvalue weighted by atomic mass is 9.83. The van der Waals surface area contributed by atoms with E-state index in [0.29, 0.717) is 0 Å². The molecule has 2 aromatic rings.